The molecule has 0 unspecified atom stereocenters. The van der Waals surface area contributed by atoms with E-state index in [2.05, 4.69) is 20.8 Å². The molecule has 0 aliphatic rings. The fraction of sp³-hybridized carbons (Fsp3) is 0.500. The summed E-state index contributed by atoms with van der Waals surface area (Å²) in [6.45, 7) is 7.85. The fourth-order valence-corrected chi connectivity index (χ4v) is 2.09. The van der Waals surface area contributed by atoms with Gasteiger partial charge in [0.2, 0.25) is 0 Å². The normalized spacial score (nSPS) is 11.4. The number of carbonyl (C=O) groups is 1. The van der Waals surface area contributed by atoms with Crippen LogP contribution >= 0.6 is 11.6 Å². The van der Waals surface area contributed by atoms with Gasteiger partial charge in [-0.1, -0.05) is 32.4 Å². The van der Waals surface area contributed by atoms with E-state index in [4.69, 9.17) is 16.3 Å². The lowest BCUT2D eigenvalue weighted by atomic mass is 9.84. The molecule has 0 bridgehead atoms. The van der Waals surface area contributed by atoms with E-state index in [1.165, 1.54) is 0 Å². The quantitative estimate of drug-likeness (QED) is 0.821. The molecule has 0 heterocycles. The predicted octanol–water partition coefficient (Wildman–Crippen LogP) is 3.78. The monoisotopic (exact) mass is 254 g/mol. The molecule has 17 heavy (non-hydrogen) atoms. The third-order valence-corrected chi connectivity index (χ3v) is 2.80. The molecule has 0 aliphatic heterocycles. The number of halogens is 1. The highest BCUT2D eigenvalue weighted by molar-refractivity contribution is 6.30. The van der Waals surface area contributed by atoms with E-state index < -0.39 is 0 Å². The average Bonchev–Trinajstić information content (AvgIpc) is 2.14. The fourth-order valence-electron chi connectivity index (χ4n) is 1.85. The SMILES string of the molecule is COc1c(CC(C)=O)cc(Cl)cc1C(C)(C)C. The van der Waals surface area contributed by atoms with Crippen molar-refractivity contribution in [1.82, 2.24) is 0 Å². The maximum absolute atomic E-state index is 11.3. The molecule has 0 saturated heterocycles. The number of benzene rings is 1. The Bertz CT molecular complexity index is 431. The molecule has 0 spiro atoms. The molecule has 3 heteroatoms. The van der Waals surface area contributed by atoms with Gasteiger partial charge >= 0.3 is 0 Å². The van der Waals surface area contributed by atoms with Crippen molar-refractivity contribution >= 4 is 17.4 Å². The summed E-state index contributed by atoms with van der Waals surface area (Å²) in [5, 5.41) is 0.645. The molecule has 94 valence electrons. The molecule has 1 aromatic carbocycles. The first kappa shape index (κ1) is 14.0. The van der Waals surface area contributed by atoms with Crippen LogP contribution in [0, 0.1) is 0 Å². The maximum Gasteiger partial charge on any atom is 0.134 e. The van der Waals surface area contributed by atoms with Crippen LogP contribution < -0.4 is 4.74 Å². The van der Waals surface area contributed by atoms with E-state index in [9.17, 15) is 4.79 Å². The van der Waals surface area contributed by atoms with Gasteiger partial charge in [0.15, 0.2) is 0 Å². The van der Waals surface area contributed by atoms with Gasteiger partial charge < -0.3 is 4.74 Å². The van der Waals surface area contributed by atoms with Gasteiger partial charge in [-0.15, -0.1) is 0 Å². The Kier molecular flexibility index (Phi) is 4.21. The number of carbonyl (C=O) groups excluding carboxylic acids is 1. The number of ether oxygens (including phenoxy) is 1. The predicted molar refractivity (Wildman–Crippen MR) is 71.1 cm³/mol. The molecule has 0 radical (unpaired) electrons. The second kappa shape index (κ2) is 5.09. The minimum atomic E-state index is -0.0677. The Hall–Kier alpha value is -1.02. The first-order valence-electron chi connectivity index (χ1n) is 5.62. The summed E-state index contributed by atoms with van der Waals surface area (Å²) in [6.07, 6.45) is 0.354. The molecular weight excluding hydrogens is 236 g/mol. The topological polar surface area (TPSA) is 26.3 Å². The Morgan fingerprint density at radius 1 is 1.35 bits per heavy atom. The highest BCUT2D eigenvalue weighted by Crippen LogP contribution is 2.36. The zero-order valence-electron chi connectivity index (χ0n) is 11.1. The van der Waals surface area contributed by atoms with Crippen LogP contribution in [0.25, 0.3) is 0 Å². The second-order valence-corrected chi connectivity index (χ2v) is 5.71. The molecule has 0 atom stereocenters. The van der Waals surface area contributed by atoms with Crippen molar-refractivity contribution in [3.63, 3.8) is 0 Å². The van der Waals surface area contributed by atoms with Crippen molar-refractivity contribution in [2.24, 2.45) is 0 Å². The number of hydrogen-bond donors (Lipinski definition) is 0. The number of Topliss-reactive ketones (excluding diaryl/α,β-unsaturated/α-hetero) is 1. The number of ketones is 1. The van der Waals surface area contributed by atoms with Crippen LogP contribution in [-0.4, -0.2) is 12.9 Å². The van der Waals surface area contributed by atoms with Crippen molar-refractivity contribution in [2.45, 2.75) is 39.5 Å². The van der Waals surface area contributed by atoms with Crippen molar-refractivity contribution in [2.75, 3.05) is 7.11 Å². The zero-order valence-corrected chi connectivity index (χ0v) is 11.8. The Morgan fingerprint density at radius 2 is 1.94 bits per heavy atom. The van der Waals surface area contributed by atoms with Gasteiger partial charge in [-0.3, -0.25) is 4.79 Å². The lowest BCUT2D eigenvalue weighted by Crippen LogP contribution is -2.14. The minimum Gasteiger partial charge on any atom is -0.496 e. The zero-order chi connectivity index (χ0) is 13.2. The van der Waals surface area contributed by atoms with E-state index >= 15 is 0 Å². The van der Waals surface area contributed by atoms with Crippen LogP contribution in [0.15, 0.2) is 12.1 Å². The Morgan fingerprint density at radius 3 is 2.35 bits per heavy atom. The van der Waals surface area contributed by atoms with Crippen LogP contribution in [0.5, 0.6) is 5.75 Å². The van der Waals surface area contributed by atoms with E-state index in [-0.39, 0.29) is 11.2 Å². The van der Waals surface area contributed by atoms with Crippen molar-refractivity contribution in [3.05, 3.63) is 28.3 Å². The van der Waals surface area contributed by atoms with Crippen LogP contribution in [0.4, 0.5) is 0 Å². The van der Waals surface area contributed by atoms with Gasteiger partial charge in [-0.05, 0) is 24.5 Å². The van der Waals surface area contributed by atoms with Crippen LogP contribution in [0.3, 0.4) is 0 Å². The van der Waals surface area contributed by atoms with Gasteiger partial charge in [-0.25, -0.2) is 0 Å². The molecule has 0 aliphatic carbocycles. The first-order valence-corrected chi connectivity index (χ1v) is 6.00. The smallest absolute Gasteiger partial charge is 0.134 e. The highest BCUT2D eigenvalue weighted by Gasteiger charge is 2.22. The number of rotatable bonds is 3. The molecule has 1 aromatic rings. The highest BCUT2D eigenvalue weighted by atomic mass is 35.5. The van der Waals surface area contributed by atoms with E-state index in [0.717, 1.165) is 16.9 Å². The van der Waals surface area contributed by atoms with Gasteiger partial charge in [-0.2, -0.15) is 0 Å². The van der Waals surface area contributed by atoms with Crippen LogP contribution in [0.2, 0.25) is 5.02 Å². The molecule has 2 nitrogen and oxygen atoms in total. The van der Waals surface area contributed by atoms with Gasteiger partial charge in [0.25, 0.3) is 0 Å². The summed E-state index contributed by atoms with van der Waals surface area (Å²) >= 11 is 6.10. The standard InChI is InChI=1S/C14H19ClO2/c1-9(16)6-10-7-11(15)8-12(13(10)17-5)14(2,3)4/h7-8H,6H2,1-5H3. The summed E-state index contributed by atoms with van der Waals surface area (Å²) in [5.41, 5.74) is 1.82. The molecule has 0 aromatic heterocycles. The lowest BCUT2D eigenvalue weighted by Gasteiger charge is -2.24. The summed E-state index contributed by atoms with van der Waals surface area (Å²) in [6, 6.07) is 3.71. The minimum absolute atomic E-state index is 0.0677. The molecule has 0 N–H and O–H groups in total. The summed E-state index contributed by atoms with van der Waals surface area (Å²) < 4.78 is 5.45. The van der Waals surface area contributed by atoms with Gasteiger partial charge in [0.1, 0.15) is 11.5 Å². The van der Waals surface area contributed by atoms with Gasteiger partial charge in [0, 0.05) is 22.6 Å². The Balaban J connectivity index is 3.40. The van der Waals surface area contributed by atoms with E-state index in [0.29, 0.717) is 11.4 Å². The van der Waals surface area contributed by atoms with Gasteiger partial charge in [0.05, 0.1) is 7.11 Å². The molecule has 0 fully saturated rings. The van der Waals surface area contributed by atoms with Crippen molar-refractivity contribution in [1.29, 1.82) is 0 Å². The summed E-state index contributed by atoms with van der Waals surface area (Å²) in [4.78, 5) is 11.3. The summed E-state index contributed by atoms with van der Waals surface area (Å²) in [5.74, 6) is 0.877. The van der Waals surface area contributed by atoms with E-state index in [1.807, 2.05) is 6.07 Å². The molecule has 1 rings (SSSR count). The molecule has 0 saturated carbocycles. The van der Waals surface area contributed by atoms with Crippen molar-refractivity contribution < 1.29 is 9.53 Å². The maximum atomic E-state index is 11.3. The first-order chi connectivity index (χ1) is 7.75. The summed E-state index contributed by atoms with van der Waals surface area (Å²) in [7, 11) is 1.63. The van der Waals surface area contributed by atoms with Crippen LogP contribution in [-0.2, 0) is 16.6 Å². The second-order valence-electron chi connectivity index (χ2n) is 5.27. The third-order valence-electron chi connectivity index (χ3n) is 2.58. The number of methoxy groups -OCH3 is 1. The Labute approximate surface area is 108 Å². The average molecular weight is 255 g/mol. The third kappa shape index (κ3) is 3.47. The largest absolute Gasteiger partial charge is 0.496 e. The van der Waals surface area contributed by atoms with Crippen molar-refractivity contribution in [3.8, 4) is 5.75 Å². The molecular formula is C14H19ClO2. The number of hydrogen-bond acceptors (Lipinski definition) is 2. The van der Waals surface area contributed by atoms with Crippen LogP contribution in [0.1, 0.15) is 38.8 Å². The van der Waals surface area contributed by atoms with E-state index in [1.54, 1.807) is 20.1 Å². The lowest BCUT2D eigenvalue weighted by molar-refractivity contribution is -0.116. The molecule has 0 amide bonds.